The largest absolute Gasteiger partial charge is 0.334 e. The molecule has 3 aliphatic rings. The molecule has 8 nitrogen and oxygen atoms in total. The number of rotatable bonds is 6. The minimum absolute atomic E-state index is 0.0195. The number of benzene rings is 2. The first-order chi connectivity index (χ1) is 16.5. The van der Waals surface area contributed by atoms with E-state index in [2.05, 4.69) is 21.2 Å². The van der Waals surface area contributed by atoms with Gasteiger partial charge in [0.15, 0.2) is 15.4 Å². The molecule has 2 heterocycles. The SMILES string of the molecule is CC(C1CC1)N(Cc1ccc(F)cc1)C(=O)CN1C(=O)NC2(CS(=O)(=O)c3cc(Br)ccc32)C1=O. The lowest BCUT2D eigenvalue weighted by atomic mass is 9.92. The molecule has 1 saturated heterocycles. The number of nitrogens with one attached hydrogen (secondary N) is 1. The molecular weight excluding hydrogens is 541 g/mol. The first kappa shape index (κ1) is 23.9. The third-order valence-electron chi connectivity index (χ3n) is 7.00. The summed E-state index contributed by atoms with van der Waals surface area (Å²) in [5.74, 6) is -1.87. The lowest BCUT2D eigenvalue weighted by Crippen LogP contribution is -2.48. The molecule has 1 saturated carbocycles. The first-order valence-corrected chi connectivity index (χ1v) is 13.7. The molecule has 1 aliphatic carbocycles. The molecule has 4 amide bonds. The van der Waals surface area contributed by atoms with E-state index < -0.39 is 45.5 Å². The molecule has 5 rings (SSSR count). The maximum absolute atomic E-state index is 13.5. The third kappa shape index (κ3) is 4.14. The van der Waals surface area contributed by atoms with Crippen LogP contribution in [0.5, 0.6) is 0 Å². The predicted molar refractivity (Wildman–Crippen MR) is 127 cm³/mol. The highest BCUT2D eigenvalue weighted by Gasteiger charge is 2.60. The number of halogens is 2. The van der Waals surface area contributed by atoms with Crippen molar-refractivity contribution in [2.75, 3.05) is 12.3 Å². The minimum atomic E-state index is -3.82. The summed E-state index contributed by atoms with van der Waals surface area (Å²) in [5, 5.41) is 2.56. The summed E-state index contributed by atoms with van der Waals surface area (Å²) >= 11 is 3.24. The highest BCUT2D eigenvalue weighted by Crippen LogP contribution is 2.43. The zero-order valence-electron chi connectivity index (χ0n) is 18.8. The zero-order valence-corrected chi connectivity index (χ0v) is 21.2. The normalized spacial score (nSPS) is 23.3. The number of carbonyl (C=O) groups excluding carboxylic acids is 3. The van der Waals surface area contributed by atoms with Crippen molar-refractivity contribution >= 4 is 43.6 Å². The summed E-state index contributed by atoms with van der Waals surface area (Å²) in [5.41, 5.74) is -0.832. The van der Waals surface area contributed by atoms with Crippen molar-refractivity contribution in [3.8, 4) is 0 Å². The van der Waals surface area contributed by atoms with Crippen LogP contribution < -0.4 is 5.32 Å². The van der Waals surface area contributed by atoms with Crippen molar-refractivity contribution in [2.45, 2.75) is 42.8 Å². The Hall–Kier alpha value is -2.79. The monoisotopic (exact) mass is 563 g/mol. The van der Waals surface area contributed by atoms with Gasteiger partial charge in [-0.1, -0.05) is 34.1 Å². The standard InChI is InChI=1S/C24H23BrFN3O5S/c1-14(16-4-5-16)28(11-15-2-7-18(26)8-3-15)21(30)12-29-22(31)24(27-23(29)32)13-35(33,34)20-10-17(25)6-9-19(20)24/h2-3,6-10,14,16H,4-5,11-13H2,1H3,(H,27,32). The zero-order chi connectivity index (χ0) is 25.1. The molecule has 35 heavy (non-hydrogen) atoms. The van der Waals surface area contributed by atoms with E-state index in [0.29, 0.717) is 10.4 Å². The predicted octanol–water partition coefficient (Wildman–Crippen LogP) is 2.95. The number of hydrogen-bond donors (Lipinski definition) is 1. The van der Waals surface area contributed by atoms with Crippen LogP contribution in [-0.4, -0.2) is 54.4 Å². The second-order valence-electron chi connectivity index (χ2n) is 9.35. The van der Waals surface area contributed by atoms with Crippen molar-refractivity contribution in [1.82, 2.24) is 15.1 Å². The lowest BCUT2D eigenvalue weighted by Gasteiger charge is -2.31. The van der Waals surface area contributed by atoms with Crippen LogP contribution in [0.4, 0.5) is 9.18 Å². The highest BCUT2D eigenvalue weighted by atomic mass is 79.9. The van der Waals surface area contributed by atoms with Crippen molar-refractivity contribution in [2.24, 2.45) is 5.92 Å². The van der Waals surface area contributed by atoms with E-state index in [1.807, 2.05) is 6.92 Å². The minimum Gasteiger partial charge on any atom is -0.334 e. The fourth-order valence-electron chi connectivity index (χ4n) is 4.90. The second kappa shape index (κ2) is 8.41. The number of imide groups is 1. The molecule has 1 spiro atoms. The molecule has 2 fully saturated rings. The van der Waals surface area contributed by atoms with E-state index in [1.165, 1.54) is 24.3 Å². The Morgan fingerprint density at radius 3 is 2.57 bits per heavy atom. The number of sulfone groups is 1. The van der Waals surface area contributed by atoms with E-state index in [4.69, 9.17) is 0 Å². The van der Waals surface area contributed by atoms with E-state index in [1.54, 1.807) is 23.1 Å². The van der Waals surface area contributed by atoms with Crippen LogP contribution in [0.2, 0.25) is 0 Å². The highest BCUT2D eigenvalue weighted by molar-refractivity contribution is 9.10. The topological polar surface area (TPSA) is 104 Å². The Balaban J connectivity index is 1.41. The van der Waals surface area contributed by atoms with Gasteiger partial charge in [-0.25, -0.2) is 17.6 Å². The second-order valence-corrected chi connectivity index (χ2v) is 12.2. The molecule has 2 atom stereocenters. The van der Waals surface area contributed by atoms with E-state index in [-0.39, 0.29) is 28.9 Å². The van der Waals surface area contributed by atoms with Crippen molar-refractivity contribution < 1.29 is 27.2 Å². The molecule has 0 aromatic heterocycles. The van der Waals surface area contributed by atoms with Gasteiger partial charge >= 0.3 is 6.03 Å². The fourth-order valence-corrected chi connectivity index (χ4v) is 7.37. The number of nitrogens with zero attached hydrogens (tertiary/aromatic N) is 2. The number of urea groups is 1. The molecule has 11 heteroatoms. The van der Waals surface area contributed by atoms with Crippen LogP contribution in [-0.2, 0) is 31.5 Å². The van der Waals surface area contributed by atoms with Crippen molar-refractivity contribution in [3.05, 3.63) is 63.9 Å². The summed E-state index contributed by atoms with van der Waals surface area (Å²) in [4.78, 5) is 42.2. The average Bonchev–Trinajstić information content (AvgIpc) is 3.59. The number of amides is 4. The van der Waals surface area contributed by atoms with Gasteiger partial charge in [0.1, 0.15) is 12.4 Å². The van der Waals surface area contributed by atoms with Gasteiger partial charge in [-0.2, -0.15) is 0 Å². The quantitative estimate of drug-likeness (QED) is 0.544. The van der Waals surface area contributed by atoms with E-state index in [0.717, 1.165) is 23.3 Å². The van der Waals surface area contributed by atoms with Crippen LogP contribution in [0.25, 0.3) is 0 Å². The maximum atomic E-state index is 13.5. The van der Waals surface area contributed by atoms with Crippen LogP contribution in [0.1, 0.15) is 30.9 Å². The summed E-state index contributed by atoms with van der Waals surface area (Å²) in [6, 6.07) is 9.40. The Kier molecular flexibility index (Phi) is 5.75. The fraction of sp³-hybridized carbons (Fsp3) is 0.375. The Bertz CT molecular complexity index is 1350. The Labute approximate surface area is 210 Å². The maximum Gasteiger partial charge on any atom is 0.325 e. The summed E-state index contributed by atoms with van der Waals surface area (Å²) in [6.45, 7) is 1.61. The van der Waals surface area contributed by atoms with Gasteiger partial charge < -0.3 is 10.2 Å². The van der Waals surface area contributed by atoms with Gasteiger partial charge in [0, 0.05) is 22.6 Å². The molecule has 2 unspecified atom stereocenters. The molecule has 184 valence electrons. The lowest BCUT2D eigenvalue weighted by molar-refractivity contribution is -0.140. The third-order valence-corrected chi connectivity index (χ3v) is 9.31. The van der Waals surface area contributed by atoms with Crippen molar-refractivity contribution in [1.29, 1.82) is 0 Å². The van der Waals surface area contributed by atoms with Crippen LogP contribution >= 0.6 is 15.9 Å². The molecule has 1 N–H and O–H groups in total. The number of fused-ring (bicyclic) bond motifs is 2. The summed E-state index contributed by atoms with van der Waals surface area (Å²) < 4.78 is 39.5. The van der Waals surface area contributed by atoms with Gasteiger partial charge in [-0.05, 0) is 55.5 Å². The number of carbonyl (C=O) groups is 3. The summed E-state index contributed by atoms with van der Waals surface area (Å²) in [6.07, 6.45) is 1.95. The molecule has 0 radical (unpaired) electrons. The van der Waals surface area contributed by atoms with Crippen molar-refractivity contribution in [3.63, 3.8) is 0 Å². The van der Waals surface area contributed by atoms with Gasteiger partial charge in [0.05, 0.1) is 10.6 Å². The molecule has 2 aliphatic heterocycles. The van der Waals surface area contributed by atoms with Crippen LogP contribution in [0, 0.1) is 11.7 Å². The first-order valence-electron chi connectivity index (χ1n) is 11.2. The van der Waals surface area contributed by atoms with E-state index in [9.17, 15) is 27.2 Å². The molecule has 2 aromatic carbocycles. The summed E-state index contributed by atoms with van der Waals surface area (Å²) in [7, 11) is -3.82. The average molecular weight is 564 g/mol. The van der Waals surface area contributed by atoms with E-state index >= 15 is 0 Å². The smallest absolute Gasteiger partial charge is 0.325 e. The van der Waals surface area contributed by atoms with Crippen LogP contribution in [0.15, 0.2) is 51.8 Å². The van der Waals surface area contributed by atoms with Gasteiger partial charge in [-0.15, -0.1) is 0 Å². The Morgan fingerprint density at radius 2 is 1.91 bits per heavy atom. The van der Waals surface area contributed by atoms with Gasteiger partial charge in [0.2, 0.25) is 5.91 Å². The molecular formula is C24H23BrFN3O5S. The Morgan fingerprint density at radius 1 is 1.23 bits per heavy atom. The number of hydrogen-bond acceptors (Lipinski definition) is 5. The van der Waals surface area contributed by atoms with Gasteiger partial charge in [-0.3, -0.25) is 14.5 Å². The molecule has 2 aromatic rings. The van der Waals surface area contributed by atoms with Crippen LogP contribution in [0.3, 0.4) is 0 Å². The van der Waals surface area contributed by atoms with Gasteiger partial charge in [0.25, 0.3) is 5.91 Å². The molecule has 0 bridgehead atoms.